The first kappa shape index (κ1) is 25.5. The van der Waals surface area contributed by atoms with E-state index in [4.69, 9.17) is 16.7 Å². The molecule has 0 aliphatic rings. The molecule has 0 aromatic heterocycles. The molecule has 9 heteroatoms. The second-order valence-electron chi connectivity index (χ2n) is 6.68. The van der Waals surface area contributed by atoms with Gasteiger partial charge >= 0.3 is 35.5 Å². The standard InChI is InChI=1S/C22H20ClNO5S.Na.H/c23-18-3-1-2-17(12-18)21(25)14-24-13-15-4-8-19(9-5-15)30(28,29)20-10-6-16(7-11-20)22(26)27;;/h1-12,21,24-25H,13-14H2,(H,26,27);;/t21-;;/m1../s1. The van der Waals surface area contributed by atoms with Gasteiger partial charge in [-0.3, -0.25) is 0 Å². The second-order valence-corrected chi connectivity index (χ2v) is 9.06. The predicted molar refractivity (Wildman–Crippen MR) is 121 cm³/mol. The molecular weight excluding hydrogens is 449 g/mol. The molecule has 0 bridgehead atoms. The summed E-state index contributed by atoms with van der Waals surface area (Å²) in [6.07, 6.45) is -0.711. The van der Waals surface area contributed by atoms with Gasteiger partial charge in [-0.25, -0.2) is 13.2 Å². The number of sulfone groups is 1. The molecule has 0 heterocycles. The molecule has 0 saturated heterocycles. The Balaban J connectivity index is 0.00000341. The van der Waals surface area contributed by atoms with Gasteiger partial charge in [0, 0.05) is 18.1 Å². The average Bonchev–Trinajstić information content (AvgIpc) is 2.74. The number of aromatic carboxylic acids is 1. The topological polar surface area (TPSA) is 104 Å². The molecule has 0 unspecified atom stereocenters. The number of halogens is 1. The van der Waals surface area contributed by atoms with Crippen LogP contribution in [0.1, 0.15) is 27.6 Å². The maximum atomic E-state index is 12.7. The number of hydrogen-bond acceptors (Lipinski definition) is 5. The Labute approximate surface area is 208 Å². The van der Waals surface area contributed by atoms with E-state index in [0.29, 0.717) is 23.7 Å². The number of rotatable bonds is 8. The van der Waals surface area contributed by atoms with E-state index in [2.05, 4.69) is 5.32 Å². The molecular formula is C22H21ClNNaO5S. The molecule has 0 aliphatic heterocycles. The molecule has 0 fully saturated rings. The summed E-state index contributed by atoms with van der Waals surface area (Å²) in [6, 6.07) is 18.5. The zero-order valence-electron chi connectivity index (χ0n) is 15.8. The van der Waals surface area contributed by atoms with E-state index in [0.717, 1.165) is 5.56 Å². The van der Waals surface area contributed by atoms with E-state index < -0.39 is 21.9 Å². The summed E-state index contributed by atoms with van der Waals surface area (Å²) in [5.41, 5.74) is 1.59. The van der Waals surface area contributed by atoms with Crippen molar-refractivity contribution in [2.75, 3.05) is 6.54 Å². The van der Waals surface area contributed by atoms with E-state index in [1.807, 2.05) is 0 Å². The van der Waals surface area contributed by atoms with Crippen LogP contribution in [0.2, 0.25) is 5.02 Å². The number of hydrogen-bond donors (Lipinski definition) is 3. The van der Waals surface area contributed by atoms with E-state index in [-0.39, 0.29) is 44.9 Å². The van der Waals surface area contributed by atoms with Crippen LogP contribution >= 0.6 is 11.6 Å². The monoisotopic (exact) mass is 469 g/mol. The molecule has 0 amide bonds. The Hall–Kier alpha value is -1.71. The van der Waals surface area contributed by atoms with Crippen molar-refractivity contribution in [3.8, 4) is 0 Å². The van der Waals surface area contributed by atoms with Crippen molar-refractivity contribution in [1.82, 2.24) is 5.32 Å². The molecule has 0 saturated carbocycles. The Morgan fingerprint density at radius 2 is 1.55 bits per heavy atom. The fraction of sp³-hybridized carbons (Fsp3) is 0.136. The first-order valence-corrected chi connectivity index (χ1v) is 10.9. The zero-order valence-corrected chi connectivity index (χ0v) is 17.4. The van der Waals surface area contributed by atoms with Crippen molar-refractivity contribution >= 4 is 57.0 Å². The first-order chi connectivity index (χ1) is 14.3. The SMILES string of the molecule is O=C(O)c1ccc(S(=O)(=O)c2ccc(CNC[C@@H](O)c3cccc(Cl)c3)cc2)cc1.[NaH]. The van der Waals surface area contributed by atoms with Crippen molar-refractivity contribution in [1.29, 1.82) is 0 Å². The van der Waals surface area contributed by atoms with Gasteiger partial charge in [0.15, 0.2) is 0 Å². The molecule has 3 N–H and O–H groups in total. The number of nitrogens with one attached hydrogen (secondary N) is 1. The molecule has 31 heavy (non-hydrogen) atoms. The van der Waals surface area contributed by atoms with Crippen LogP contribution in [0.3, 0.4) is 0 Å². The number of carbonyl (C=O) groups is 1. The molecule has 6 nitrogen and oxygen atoms in total. The number of aliphatic hydroxyl groups excluding tert-OH is 1. The summed E-state index contributed by atoms with van der Waals surface area (Å²) >= 11 is 5.93. The van der Waals surface area contributed by atoms with Crippen molar-refractivity contribution in [3.05, 3.63) is 94.5 Å². The third kappa shape index (κ3) is 6.63. The fourth-order valence-electron chi connectivity index (χ4n) is 2.88. The van der Waals surface area contributed by atoms with Crippen LogP contribution in [-0.2, 0) is 16.4 Å². The Morgan fingerprint density at radius 1 is 0.968 bits per heavy atom. The van der Waals surface area contributed by atoms with Crippen LogP contribution in [0.25, 0.3) is 0 Å². The minimum absolute atomic E-state index is 0. The van der Waals surface area contributed by atoms with Crippen molar-refractivity contribution in [2.45, 2.75) is 22.4 Å². The van der Waals surface area contributed by atoms with Crippen LogP contribution in [0.15, 0.2) is 82.6 Å². The van der Waals surface area contributed by atoms with Crippen molar-refractivity contribution < 1.29 is 23.4 Å². The summed E-state index contributed by atoms with van der Waals surface area (Å²) in [7, 11) is -3.74. The predicted octanol–water partition coefficient (Wildman–Crippen LogP) is 3.05. The van der Waals surface area contributed by atoms with Gasteiger partial charge < -0.3 is 15.5 Å². The normalized spacial score (nSPS) is 12.1. The summed E-state index contributed by atoms with van der Waals surface area (Å²) in [6.45, 7) is 0.765. The van der Waals surface area contributed by atoms with Crippen LogP contribution in [-0.4, -0.2) is 60.7 Å². The van der Waals surface area contributed by atoms with Crippen LogP contribution in [0.5, 0.6) is 0 Å². The number of carboxylic acids is 1. The van der Waals surface area contributed by atoms with E-state index in [9.17, 15) is 18.3 Å². The summed E-state index contributed by atoms with van der Waals surface area (Å²) in [4.78, 5) is 11.1. The maximum absolute atomic E-state index is 12.7. The van der Waals surface area contributed by atoms with Gasteiger partial charge in [-0.2, -0.15) is 0 Å². The molecule has 0 radical (unpaired) electrons. The summed E-state index contributed by atoms with van der Waals surface area (Å²) < 4.78 is 25.4. The number of carboxylic acid groups (broad SMARTS) is 1. The molecule has 1 atom stereocenters. The Kier molecular flexibility index (Phi) is 9.27. The van der Waals surface area contributed by atoms with Gasteiger partial charge in [-0.15, -0.1) is 0 Å². The average molecular weight is 470 g/mol. The summed E-state index contributed by atoms with van der Waals surface area (Å²) in [5.74, 6) is -1.11. The van der Waals surface area contributed by atoms with Gasteiger partial charge in [-0.1, -0.05) is 35.9 Å². The van der Waals surface area contributed by atoms with Crippen LogP contribution in [0, 0.1) is 0 Å². The first-order valence-electron chi connectivity index (χ1n) is 9.09. The third-order valence-electron chi connectivity index (χ3n) is 4.55. The van der Waals surface area contributed by atoms with Gasteiger partial charge in [-0.05, 0) is 59.7 Å². The minimum atomic E-state index is -3.74. The van der Waals surface area contributed by atoms with E-state index in [1.54, 1.807) is 36.4 Å². The van der Waals surface area contributed by atoms with E-state index >= 15 is 0 Å². The number of benzene rings is 3. The number of aliphatic hydroxyl groups is 1. The van der Waals surface area contributed by atoms with Crippen LogP contribution < -0.4 is 5.32 Å². The fourth-order valence-corrected chi connectivity index (χ4v) is 4.34. The van der Waals surface area contributed by atoms with Crippen molar-refractivity contribution in [3.63, 3.8) is 0 Å². The molecule has 0 spiro atoms. The Morgan fingerprint density at radius 3 is 2.10 bits per heavy atom. The van der Waals surface area contributed by atoms with Gasteiger partial charge in [0.2, 0.25) is 9.84 Å². The summed E-state index contributed by atoms with van der Waals surface area (Å²) in [5, 5.41) is 22.8. The van der Waals surface area contributed by atoms with Crippen molar-refractivity contribution in [2.24, 2.45) is 0 Å². The van der Waals surface area contributed by atoms with Crippen LogP contribution in [0.4, 0.5) is 0 Å². The van der Waals surface area contributed by atoms with Gasteiger partial charge in [0.25, 0.3) is 0 Å². The van der Waals surface area contributed by atoms with Gasteiger partial charge in [0.1, 0.15) is 0 Å². The molecule has 3 aromatic rings. The molecule has 3 rings (SSSR count). The molecule has 3 aromatic carbocycles. The quantitative estimate of drug-likeness (QED) is 0.438. The van der Waals surface area contributed by atoms with Gasteiger partial charge in [0.05, 0.1) is 21.5 Å². The Bertz CT molecular complexity index is 1140. The second kappa shape index (κ2) is 11.2. The third-order valence-corrected chi connectivity index (χ3v) is 6.57. The molecule has 158 valence electrons. The molecule has 0 aliphatic carbocycles. The van der Waals surface area contributed by atoms with E-state index in [1.165, 1.54) is 36.4 Å². The zero-order chi connectivity index (χ0) is 21.7.